The summed E-state index contributed by atoms with van der Waals surface area (Å²) < 4.78 is 20.7. The molecule has 3 nitrogen and oxygen atoms in total. The Morgan fingerprint density at radius 3 is 1.64 bits per heavy atom. The Morgan fingerprint density at radius 2 is 1.10 bits per heavy atom. The first-order valence-corrected chi connectivity index (χ1v) is 16.6. The Morgan fingerprint density at radius 1 is 0.641 bits per heavy atom. The zero-order valence-corrected chi connectivity index (χ0v) is 24.9. The average molecular weight is 547 g/mol. The normalized spacial score (nSPS) is 13.6. The van der Waals surface area contributed by atoms with E-state index in [9.17, 15) is 9.36 Å². The van der Waals surface area contributed by atoms with Gasteiger partial charge in [-0.2, -0.15) is 0 Å². The molecule has 0 aliphatic rings. The number of hydrogen-bond acceptors (Lipinski definition) is 3. The second-order valence-corrected chi connectivity index (χ2v) is 13.1. The van der Waals surface area contributed by atoms with Gasteiger partial charge in [0.15, 0.2) is 0 Å². The maximum Gasteiger partial charge on any atom is 0.261 e. The molecule has 0 saturated heterocycles. The van der Waals surface area contributed by atoms with Crippen LogP contribution in [0.1, 0.15) is 90.9 Å². The van der Waals surface area contributed by atoms with Crippen molar-refractivity contribution >= 4 is 23.8 Å². The predicted molar refractivity (Wildman–Crippen MR) is 166 cm³/mol. The van der Waals surface area contributed by atoms with E-state index in [0.29, 0.717) is 10.6 Å². The van der Waals surface area contributed by atoms with Crippen molar-refractivity contribution in [1.82, 2.24) is 0 Å². The van der Waals surface area contributed by atoms with Gasteiger partial charge in [-0.25, -0.2) is 0 Å². The van der Waals surface area contributed by atoms with Crippen LogP contribution in [-0.2, 0) is 13.9 Å². The summed E-state index contributed by atoms with van der Waals surface area (Å²) in [6.45, 7) is 4.07. The van der Waals surface area contributed by atoms with Gasteiger partial charge in [0.25, 0.3) is 7.37 Å². The summed E-state index contributed by atoms with van der Waals surface area (Å²) in [7, 11) is -3.35. The fourth-order valence-electron chi connectivity index (χ4n) is 5.06. The zero-order valence-electron chi connectivity index (χ0n) is 24.0. The van der Waals surface area contributed by atoms with Crippen molar-refractivity contribution in [3.63, 3.8) is 0 Å². The van der Waals surface area contributed by atoms with Crippen LogP contribution in [0, 0.1) is 5.92 Å². The first kappa shape index (κ1) is 31.1. The van der Waals surface area contributed by atoms with Gasteiger partial charge < -0.3 is 4.52 Å². The number of carbonyl (C=O) groups excluding carboxylic acids is 1. The molecule has 0 spiro atoms. The number of carbonyl (C=O) groups is 1. The van der Waals surface area contributed by atoms with Gasteiger partial charge in [-0.05, 0) is 48.7 Å². The van der Waals surface area contributed by atoms with Gasteiger partial charge in [0.05, 0.1) is 6.61 Å². The molecule has 3 rings (SSSR count). The molecule has 0 aliphatic carbocycles. The molecular formula is C35H47O3P. The third kappa shape index (κ3) is 10.2. The van der Waals surface area contributed by atoms with Gasteiger partial charge in [-0.1, -0.05) is 138 Å². The van der Waals surface area contributed by atoms with Crippen molar-refractivity contribution in [2.24, 2.45) is 5.92 Å². The Hall–Kier alpha value is -2.48. The van der Waals surface area contributed by atoms with Crippen LogP contribution in [0.3, 0.4) is 0 Å². The third-order valence-corrected chi connectivity index (χ3v) is 10.1. The van der Waals surface area contributed by atoms with Crippen LogP contribution in [0.5, 0.6) is 0 Å². The number of rotatable bonds is 19. The number of ketones is 1. The zero-order chi connectivity index (χ0) is 27.8. The molecule has 0 radical (unpaired) electrons. The molecule has 39 heavy (non-hydrogen) atoms. The summed E-state index contributed by atoms with van der Waals surface area (Å²) in [4.78, 5) is 12.5. The van der Waals surface area contributed by atoms with E-state index in [1.165, 1.54) is 57.8 Å². The van der Waals surface area contributed by atoms with Crippen molar-refractivity contribution in [2.75, 3.05) is 6.61 Å². The van der Waals surface area contributed by atoms with E-state index in [-0.39, 0.29) is 18.3 Å². The molecule has 0 aliphatic heterocycles. The lowest BCUT2D eigenvalue weighted by Gasteiger charge is -2.22. The largest absolute Gasteiger partial charge is 0.321 e. The van der Waals surface area contributed by atoms with Gasteiger partial charge in [0, 0.05) is 16.5 Å². The maximum absolute atomic E-state index is 14.4. The summed E-state index contributed by atoms with van der Waals surface area (Å²) in [6.07, 6.45) is 14.9. The van der Waals surface area contributed by atoms with Gasteiger partial charge >= 0.3 is 0 Å². The maximum atomic E-state index is 14.4. The Balaban J connectivity index is 1.55. The summed E-state index contributed by atoms with van der Waals surface area (Å²) in [5, 5.41) is 1.32. The third-order valence-electron chi connectivity index (χ3n) is 7.60. The topological polar surface area (TPSA) is 43.4 Å². The second-order valence-electron chi connectivity index (χ2n) is 10.7. The van der Waals surface area contributed by atoms with E-state index in [1.807, 2.05) is 72.8 Å². The minimum absolute atomic E-state index is 0.112. The van der Waals surface area contributed by atoms with E-state index >= 15 is 0 Å². The molecule has 0 aromatic heterocycles. The van der Waals surface area contributed by atoms with Crippen LogP contribution in [0.15, 0.2) is 84.9 Å². The molecule has 0 heterocycles. The van der Waals surface area contributed by atoms with Crippen molar-refractivity contribution in [3.05, 3.63) is 84.9 Å². The van der Waals surface area contributed by atoms with Crippen molar-refractivity contribution < 1.29 is 13.9 Å². The van der Waals surface area contributed by atoms with Crippen molar-refractivity contribution in [1.29, 1.82) is 0 Å². The lowest BCUT2D eigenvalue weighted by molar-refractivity contribution is -0.121. The molecule has 2 unspecified atom stereocenters. The molecule has 4 heteroatoms. The molecule has 0 bridgehead atoms. The Bertz CT molecular complexity index is 1130. The van der Waals surface area contributed by atoms with Crippen molar-refractivity contribution in [2.45, 2.75) is 90.9 Å². The number of Topliss-reactive ketones (excluding diaryl/α,β-unsaturated/α-hetero) is 1. The van der Waals surface area contributed by atoms with Gasteiger partial charge in [-0.3, -0.25) is 9.36 Å². The van der Waals surface area contributed by atoms with E-state index in [1.54, 1.807) is 6.92 Å². The van der Waals surface area contributed by atoms with Crippen molar-refractivity contribution in [3.8, 4) is 11.1 Å². The van der Waals surface area contributed by atoms with Gasteiger partial charge in [-0.15, -0.1) is 0 Å². The van der Waals surface area contributed by atoms with E-state index in [4.69, 9.17) is 4.52 Å². The first-order valence-electron chi connectivity index (χ1n) is 15.0. The highest BCUT2D eigenvalue weighted by Crippen LogP contribution is 2.45. The monoisotopic (exact) mass is 546 g/mol. The Labute approximate surface area is 236 Å². The number of unbranched alkanes of at least 4 members (excludes halogenated alkanes) is 10. The van der Waals surface area contributed by atoms with Crippen LogP contribution in [0.4, 0.5) is 0 Å². The lowest BCUT2D eigenvalue weighted by Crippen LogP contribution is -2.23. The SMILES string of the molecule is CCCCCCCCCCCCCC(COP(=O)(c1ccccc1)c1ccc(-c2ccccc2)cc1)C(C)=O. The minimum Gasteiger partial charge on any atom is -0.321 e. The van der Waals surface area contributed by atoms with E-state index < -0.39 is 7.37 Å². The van der Waals surface area contributed by atoms with Gasteiger partial charge in [0.1, 0.15) is 5.78 Å². The molecule has 2 atom stereocenters. The highest BCUT2D eigenvalue weighted by molar-refractivity contribution is 7.74. The molecule has 0 fully saturated rings. The standard InChI is InChI=1S/C35H47O3P/c1-3-4-5-6-7-8-9-10-11-12-15-22-33(30(2)36)29-38-39(37,34-23-18-14-19-24-34)35-27-25-32(26-28-35)31-20-16-13-17-21-31/h13-14,16-21,23-28,33H,3-12,15,22,29H2,1-2H3. The number of hydrogen-bond donors (Lipinski definition) is 0. The summed E-state index contributed by atoms with van der Waals surface area (Å²) in [6, 6.07) is 27.4. The second kappa shape index (κ2) is 17.3. The average Bonchev–Trinajstić information content (AvgIpc) is 2.98. The smallest absolute Gasteiger partial charge is 0.261 e. The molecule has 3 aromatic carbocycles. The van der Waals surface area contributed by atoms with Crippen LogP contribution in [0.25, 0.3) is 11.1 Å². The molecule has 0 amide bonds. The fraction of sp³-hybridized carbons (Fsp3) is 0.457. The quantitative estimate of drug-likeness (QED) is 0.111. The van der Waals surface area contributed by atoms with Crippen LogP contribution >= 0.6 is 7.37 Å². The molecule has 0 saturated carbocycles. The summed E-state index contributed by atoms with van der Waals surface area (Å²) >= 11 is 0. The van der Waals surface area contributed by atoms with Crippen LogP contribution in [-0.4, -0.2) is 12.4 Å². The lowest BCUT2D eigenvalue weighted by atomic mass is 9.97. The molecular weight excluding hydrogens is 499 g/mol. The molecule has 210 valence electrons. The van der Waals surface area contributed by atoms with E-state index in [0.717, 1.165) is 30.4 Å². The van der Waals surface area contributed by atoms with Crippen LogP contribution in [0.2, 0.25) is 0 Å². The molecule has 3 aromatic rings. The number of benzene rings is 3. The highest BCUT2D eigenvalue weighted by Gasteiger charge is 2.30. The van der Waals surface area contributed by atoms with E-state index in [2.05, 4.69) is 19.1 Å². The first-order chi connectivity index (χ1) is 19.0. The Kier molecular flexibility index (Phi) is 13.7. The highest BCUT2D eigenvalue weighted by atomic mass is 31.2. The van der Waals surface area contributed by atoms with Crippen LogP contribution < -0.4 is 10.6 Å². The predicted octanol–water partition coefficient (Wildman–Crippen LogP) is 9.51. The fourth-order valence-corrected chi connectivity index (χ4v) is 7.15. The van der Waals surface area contributed by atoms with Gasteiger partial charge in [0.2, 0.25) is 0 Å². The summed E-state index contributed by atoms with van der Waals surface area (Å²) in [5.74, 6) is -0.120. The minimum atomic E-state index is -3.35. The summed E-state index contributed by atoms with van der Waals surface area (Å²) in [5.41, 5.74) is 2.18. The molecule has 0 N–H and O–H groups in total.